The molecule has 0 fully saturated rings. The van der Waals surface area contributed by atoms with Crippen molar-refractivity contribution in [2.75, 3.05) is 0 Å². The van der Waals surface area contributed by atoms with Gasteiger partial charge < -0.3 is 13.6 Å². The molecule has 12 rings (SSSR count). The molecular weight excluding hydrogens is 725 g/mol. The molecule has 274 valence electrons. The first-order chi connectivity index (χ1) is 29.3. The second kappa shape index (κ2) is 12.8. The zero-order valence-electron chi connectivity index (χ0n) is 31.4. The van der Waals surface area contributed by atoms with Crippen LogP contribution in [0.2, 0.25) is 0 Å². The molecule has 0 bridgehead atoms. The molecule has 0 saturated carbocycles. The molecule has 4 aromatic heterocycles. The summed E-state index contributed by atoms with van der Waals surface area (Å²) in [5.41, 5.74) is 9.32. The Bertz CT molecular complexity index is 3520. The highest BCUT2D eigenvalue weighted by Crippen LogP contribution is 2.49. The molecule has 8 aromatic carbocycles. The number of hydrogen-bond acceptors (Lipinski definition) is 5. The molecule has 7 heteroatoms. The predicted molar refractivity (Wildman–Crippen MR) is 237 cm³/mol. The van der Waals surface area contributed by atoms with Gasteiger partial charge in [0.2, 0.25) is 0 Å². The molecule has 0 amide bonds. The van der Waals surface area contributed by atoms with E-state index in [9.17, 15) is 5.26 Å². The number of nitriles is 1. The monoisotopic (exact) mass is 754 g/mol. The van der Waals surface area contributed by atoms with Gasteiger partial charge in [-0.25, -0.2) is 15.0 Å². The highest BCUT2D eigenvalue weighted by atomic mass is 16.3. The summed E-state index contributed by atoms with van der Waals surface area (Å²) in [6.45, 7) is 0. The number of nitrogens with zero attached hydrogens (tertiary/aromatic N) is 6. The fourth-order valence-corrected chi connectivity index (χ4v) is 8.93. The number of fused-ring (bicyclic) bond motifs is 9. The minimum absolute atomic E-state index is 0.421. The molecule has 0 atom stereocenters. The summed E-state index contributed by atoms with van der Waals surface area (Å²) >= 11 is 0. The molecular formula is C52H30N6O. The fourth-order valence-electron chi connectivity index (χ4n) is 8.93. The van der Waals surface area contributed by atoms with Crippen LogP contribution in [-0.4, -0.2) is 24.1 Å². The lowest BCUT2D eigenvalue weighted by Gasteiger charge is -2.22. The molecule has 4 heterocycles. The summed E-state index contributed by atoms with van der Waals surface area (Å²) in [5.74, 6) is 1.47. The molecule has 0 saturated heterocycles. The average molecular weight is 755 g/mol. The summed E-state index contributed by atoms with van der Waals surface area (Å²) in [7, 11) is 0. The van der Waals surface area contributed by atoms with Gasteiger partial charge in [0, 0.05) is 43.4 Å². The zero-order valence-corrected chi connectivity index (χ0v) is 31.4. The second-order valence-corrected chi connectivity index (χ2v) is 14.6. The highest BCUT2D eigenvalue weighted by molar-refractivity contribution is 6.19. The molecule has 7 nitrogen and oxygen atoms in total. The van der Waals surface area contributed by atoms with E-state index < -0.39 is 0 Å². The molecule has 0 spiro atoms. The van der Waals surface area contributed by atoms with Crippen molar-refractivity contribution >= 4 is 65.6 Å². The van der Waals surface area contributed by atoms with E-state index in [0.717, 1.165) is 65.8 Å². The van der Waals surface area contributed by atoms with Crippen molar-refractivity contribution in [1.29, 1.82) is 5.26 Å². The number of benzene rings is 8. The average Bonchev–Trinajstić information content (AvgIpc) is 3.97. The first-order valence-electron chi connectivity index (χ1n) is 19.5. The highest BCUT2D eigenvalue weighted by Gasteiger charge is 2.32. The van der Waals surface area contributed by atoms with Crippen LogP contribution in [0.5, 0.6) is 0 Å². The van der Waals surface area contributed by atoms with Gasteiger partial charge >= 0.3 is 0 Å². The van der Waals surface area contributed by atoms with Crippen LogP contribution in [0.15, 0.2) is 186 Å². The Morgan fingerprint density at radius 3 is 1.27 bits per heavy atom. The van der Waals surface area contributed by atoms with Crippen molar-refractivity contribution in [3.8, 4) is 51.6 Å². The van der Waals surface area contributed by atoms with Crippen molar-refractivity contribution in [2.24, 2.45) is 0 Å². The lowest BCUT2D eigenvalue weighted by molar-refractivity contribution is 0.669. The predicted octanol–water partition coefficient (Wildman–Crippen LogP) is 12.8. The Hall–Kier alpha value is -8.34. The third-order valence-electron chi connectivity index (χ3n) is 11.4. The van der Waals surface area contributed by atoms with Gasteiger partial charge in [-0.2, -0.15) is 5.26 Å². The number of furan rings is 1. The smallest absolute Gasteiger partial charge is 0.170 e. The standard InChI is InChI=1S/C52H30N6O/c53-31-39-45-38-25-11-16-30-44(38)59-49(45)46(52-55-50(32-17-3-1-4-18-32)54-51(56-52)33-19-5-2-6-20-33)48(58-42-28-14-9-23-36(42)37-24-10-15-29-43(37)58)47(39)57-40-26-12-7-21-34(40)35-22-8-13-27-41(35)57/h1-30H. The third kappa shape index (κ3) is 4.84. The van der Waals surface area contributed by atoms with Crippen LogP contribution in [0.1, 0.15) is 5.56 Å². The normalized spacial score (nSPS) is 11.7. The third-order valence-corrected chi connectivity index (χ3v) is 11.4. The van der Waals surface area contributed by atoms with E-state index in [1.165, 1.54) is 0 Å². The Balaban J connectivity index is 1.38. The van der Waals surface area contributed by atoms with Crippen molar-refractivity contribution in [3.05, 3.63) is 188 Å². The van der Waals surface area contributed by atoms with E-state index in [1.54, 1.807) is 0 Å². The van der Waals surface area contributed by atoms with Crippen LogP contribution >= 0.6 is 0 Å². The van der Waals surface area contributed by atoms with Crippen molar-refractivity contribution in [2.45, 2.75) is 0 Å². The topological polar surface area (TPSA) is 85.5 Å². The molecule has 12 aromatic rings. The summed E-state index contributed by atoms with van der Waals surface area (Å²) < 4.78 is 11.5. The molecule has 0 aliphatic carbocycles. The van der Waals surface area contributed by atoms with E-state index >= 15 is 0 Å². The van der Waals surface area contributed by atoms with Crippen molar-refractivity contribution < 1.29 is 4.42 Å². The second-order valence-electron chi connectivity index (χ2n) is 14.6. The first-order valence-corrected chi connectivity index (χ1v) is 19.5. The largest absolute Gasteiger partial charge is 0.455 e. The lowest BCUT2D eigenvalue weighted by atomic mass is 9.97. The van der Waals surface area contributed by atoms with Gasteiger partial charge in [-0.1, -0.05) is 152 Å². The van der Waals surface area contributed by atoms with Gasteiger partial charge in [0.15, 0.2) is 17.5 Å². The molecule has 0 aliphatic rings. The van der Waals surface area contributed by atoms with Crippen LogP contribution in [0.25, 0.3) is 111 Å². The van der Waals surface area contributed by atoms with Crippen LogP contribution in [0.3, 0.4) is 0 Å². The van der Waals surface area contributed by atoms with Crippen molar-refractivity contribution in [1.82, 2.24) is 24.1 Å². The van der Waals surface area contributed by atoms with E-state index in [2.05, 4.69) is 112 Å². The molecule has 0 N–H and O–H groups in total. The Labute approximate surface area is 337 Å². The maximum absolute atomic E-state index is 11.7. The van der Waals surface area contributed by atoms with Gasteiger partial charge in [-0.05, 0) is 30.3 Å². The Morgan fingerprint density at radius 2 is 0.797 bits per heavy atom. The summed E-state index contributed by atoms with van der Waals surface area (Å²) in [6, 6.07) is 64.3. The van der Waals surface area contributed by atoms with Gasteiger partial charge in [-0.15, -0.1) is 0 Å². The van der Waals surface area contributed by atoms with Crippen LogP contribution in [0, 0.1) is 11.3 Å². The summed E-state index contributed by atoms with van der Waals surface area (Å²) in [5, 5.41) is 17.5. The van der Waals surface area contributed by atoms with Gasteiger partial charge in [0.1, 0.15) is 17.2 Å². The Morgan fingerprint density at radius 1 is 0.407 bits per heavy atom. The molecule has 59 heavy (non-hydrogen) atoms. The van der Waals surface area contributed by atoms with Crippen LogP contribution in [0.4, 0.5) is 0 Å². The Kier molecular flexibility index (Phi) is 7.16. The SMILES string of the molecule is N#Cc1c(-n2c3ccccc3c3ccccc32)c(-n2c3ccccc3c3ccccc32)c(-c2nc(-c3ccccc3)nc(-c3ccccc3)n2)c2oc3ccccc3c12. The lowest BCUT2D eigenvalue weighted by Crippen LogP contribution is -2.10. The zero-order chi connectivity index (χ0) is 39.0. The van der Waals surface area contributed by atoms with E-state index in [4.69, 9.17) is 19.4 Å². The van der Waals surface area contributed by atoms with E-state index in [-0.39, 0.29) is 0 Å². The first kappa shape index (κ1) is 32.9. The summed E-state index contributed by atoms with van der Waals surface area (Å²) in [4.78, 5) is 15.8. The van der Waals surface area contributed by atoms with Gasteiger partial charge in [-0.3, -0.25) is 0 Å². The molecule has 0 aliphatic heterocycles. The maximum Gasteiger partial charge on any atom is 0.170 e. The van der Waals surface area contributed by atoms with E-state index in [1.807, 2.05) is 84.9 Å². The van der Waals surface area contributed by atoms with Crippen LogP contribution in [-0.2, 0) is 0 Å². The van der Waals surface area contributed by atoms with Gasteiger partial charge in [0.25, 0.3) is 0 Å². The number of rotatable bonds is 5. The fraction of sp³-hybridized carbons (Fsp3) is 0. The molecule has 0 radical (unpaired) electrons. The van der Waals surface area contributed by atoms with Gasteiger partial charge in [0.05, 0.1) is 44.6 Å². The number of para-hydroxylation sites is 5. The number of hydrogen-bond donors (Lipinski definition) is 0. The van der Waals surface area contributed by atoms with Crippen molar-refractivity contribution in [3.63, 3.8) is 0 Å². The number of aromatic nitrogens is 5. The quantitative estimate of drug-likeness (QED) is 0.175. The maximum atomic E-state index is 11.7. The molecule has 0 unspecified atom stereocenters. The minimum atomic E-state index is 0.421. The summed E-state index contributed by atoms with van der Waals surface area (Å²) in [6.07, 6.45) is 0. The minimum Gasteiger partial charge on any atom is -0.455 e. The van der Waals surface area contributed by atoms with E-state index in [0.29, 0.717) is 50.8 Å². The van der Waals surface area contributed by atoms with Crippen LogP contribution < -0.4 is 0 Å².